The van der Waals surface area contributed by atoms with E-state index < -0.39 is 32.2 Å². The number of carbonyl (C=O) groups is 4. The molecule has 0 spiro atoms. The van der Waals surface area contributed by atoms with Gasteiger partial charge in [-0.2, -0.15) is 0 Å². The quantitative estimate of drug-likeness (QED) is 0.173. The van der Waals surface area contributed by atoms with Gasteiger partial charge >= 0.3 is 11.9 Å². The third-order valence-electron chi connectivity index (χ3n) is 9.02. The smallest absolute Gasteiger partial charge is 0.305 e. The summed E-state index contributed by atoms with van der Waals surface area (Å²) < 4.78 is 0. The molecule has 2 N–H and O–H groups in total. The van der Waals surface area contributed by atoms with E-state index in [0.717, 1.165) is 46.5 Å². The second-order valence-electron chi connectivity index (χ2n) is 12.3. The van der Waals surface area contributed by atoms with Crippen LogP contribution in [0.1, 0.15) is 48.9 Å². The number of anilines is 2. The van der Waals surface area contributed by atoms with Gasteiger partial charge in [-0.25, -0.2) is 0 Å². The SMILES string of the molecule is C[C@@]1(c2ccc(CCc3ccc([C@]4(C)S[C@@H](CC(=O)O)C(=O)N4c4ccccc4)cc3)cc2)S[C@@H](CC(=O)O)C(=O)N1c1ccccc1. The lowest BCUT2D eigenvalue weighted by Gasteiger charge is -2.35. The van der Waals surface area contributed by atoms with E-state index in [2.05, 4.69) is 24.3 Å². The van der Waals surface area contributed by atoms with E-state index in [4.69, 9.17) is 0 Å². The molecule has 0 bridgehead atoms. The average Bonchev–Trinajstić information content (AvgIpc) is 3.48. The maximum absolute atomic E-state index is 13.4. The second kappa shape index (κ2) is 13.5. The Bertz CT molecular complexity index is 1680. The molecule has 2 aliphatic rings. The van der Waals surface area contributed by atoms with Gasteiger partial charge in [-0.3, -0.25) is 29.0 Å². The summed E-state index contributed by atoms with van der Waals surface area (Å²) in [4.78, 5) is 51.9. The van der Waals surface area contributed by atoms with Crippen molar-refractivity contribution in [1.29, 1.82) is 0 Å². The number of carboxylic acids is 2. The van der Waals surface area contributed by atoms with E-state index >= 15 is 0 Å². The van der Waals surface area contributed by atoms with Crippen molar-refractivity contribution >= 4 is 58.7 Å². The molecular formula is C38H36N2O6S2. The molecule has 48 heavy (non-hydrogen) atoms. The molecule has 2 amide bonds. The molecular weight excluding hydrogens is 645 g/mol. The molecule has 0 unspecified atom stereocenters. The largest absolute Gasteiger partial charge is 0.481 e. The Balaban J connectivity index is 1.18. The standard InChI is InChI=1S/C38H36N2O6S2/c1-37(39(29-9-5-3-6-10-29)35(45)31(47-37)23-33(41)42)27-19-15-25(16-20-27)13-14-26-17-21-28(22-18-26)38(2)40(30-11-7-4-8-12-30)36(46)32(48-38)24-34(43)44/h3-12,15-22,31-32H,13-14,23-24H2,1-2H3,(H,41,42)(H,43,44)/t31-,32-,37-,38-/m0/s1. The first kappa shape index (κ1) is 33.4. The number of aryl methyl sites for hydroxylation is 2. The van der Waals surface area contributed by atoms with Gasteiger partial charge < -0.3 is 10.2 Å². The van der Waals surface area contributed by atoms with Gasteiger partial charge in [0.25, 0.3) is 0 Å². The van der Waals surface area contributed by atoms with Gasteiger partial charge in [0.15, 0.2) is 0 Å². The van der Waals surface area contributed by atoms with Crippen molar-refractivity contribution in [3.8, 4) is 0 Å². The van der Waals surface area contributed by atoms with E-state index in [-0.39, 0.29) is 24.7 Å². The molecule has 2 fully saturated rings. The van der Waals surface area contributed by atoms with Crippen LogP contribution in [0.25, 0.3) is 0 Å². The third kappa shape index (κ3) is 6.47. The van der Waals surface area contributed by atoms with E-state index in [1.165, 1.54) is 23.5 Å². The Labute approximate surface area is 288 Å². The minimum absolute atomic E-state index is 0.206. The zero-order valence-electron chi connectivity index (χ0n) is 26.6. The number of amides is 2. The van der Waals surface area contributed by atoms with Crippen LogP contribution in [-0.4, -0.2) is 44.5 Å². The maximum atomic E-state index is 13.4. The highest BCUT2D eigenvalue weighted by atomic mass is 32.2. The van der Waals surface area contributed by atoms with Crippen molar-refractivity contribution in [2.75, 3.05) is 9.80 Å². The Kier molecular flexibility index (Phi) is 9.40. The van der Waals surface area contributed by atoms with Crippen LogP contribution in [0.3, 0.4) is 0 Å². The molecule has 4 aromatic carbocycles. The highest BCUT2D eigenvalue weighted by molar-refractivity contribution is 8.02. The van der Waals surface area contributed by atoms with Crippen LogP contribution in [0.4, 0.5) is 11.4 Å². The number of aliphatic carboxylic acids is 2. The first-order valence-electron chi connectivity index (χ1n) is 15.8. The molecule has 2 heterocycles. The summed E-state index contributed by atoms with van der Waals surface area (Å²) in [5.41, 5.74) is 5.57. The lowest BCUT2D eigenvalue weighted by Crippen LogP contribution is -2.41. The van der Waals surface area contributed by atoms with Crippen LogP contribution in [0.15, 0.2) is 109 Å². The number of rotatable bonds is 11. The predicted molar refractivity (Wildman–Crippen MR) is 190 cm³/mol. The molecule has 2 saturated heterocycles. The molecule has 10 heteroatoms. The Morgan fingerprint density at radius 3 is 1.23 bits per heavy atom. The van der Waals surface area contributed by atoms with Gasteiger partial charge in [-0.15, -0.1) is 23.5 Å². The van der Waals surface area contributed by atoms with Crippen molar-refractivity contribution in [1.82, 2.24) is 0 Å². The number of hydrogen-bond donors (Lipinski definition) is 2. The van der Waals surface area contributed by atoms with Gasteiger partial charge in [0.05, 0.1) is 23.3 Å². The molecule has 2 aliphatic heterocycles. The summed E-state index contributed by atoms with van der Waals surface area (Å²) in [5.74, 6) is -2.41. The van der Waals surface area contributed by atoms with Crippen molar-refractivity contribution < 1.29 is 29.4 Å². The summed E-state index contributed by atoms with van der Waals surface area (Å²) in [6, 6.07) is 35.1. The number of para-hydroxylation sites is 2. The monoisotopic (exact) mass is 680 g/mol. The summed E-state index contributed by atoms with van der Waals surface area (Å²) in [5, 5.41) is 17.5. The molecule has 4 atom stereocenters. The lowest BCUT2D eigenvalue weighted by molar-refractivity contribution is -0.138. The van der Waals surface area contributed by atoms with Crippen molar-refractivity contribution in [2.45, 2.75) is 59.8 Å². The first-order chi connectivity index (χ1) is 23.0. The normalized spacial score (nSPS) is 23.9. The molecule has 4 aromatic rings. The highest BCUT2D eigenvalue weighted by Crippen LogP contribution is 2.52. The van der Waals surface area contributed by atoms with Crippen LogP contribution in [0, 0.1) is 0 Å². The van der Waals surface area contributed by atoms with Gasteiger partial charge in [-0.1, -0.05) is 84.9 Å². The minimum Gasteiger partial charge on any atom is -0.481 e. The molecule has 8 nitrogen and oxygen atoms in total. The summed E-state index contributed by atoms with van der Waals surface area (Å²) in [6.07, 6.45) is 1.10. The van der Waals surface area contributed by atoms with E-state index in [0.29, 0.717) is 0 Å². The summed E-state index contributed by atoms with van der Waals surface area (Å²) >= 11 is 2.75. The van der Waals surface area contributed by atoms with Gasteiger partial charge in [-0.05, 0) is 73.2 Å². The van der Waals surface area contributed by atoms with Gasteiger partial charge in [0.1, 0.15) is 9.74 Å². The fourth-order valence-corrected chi connectivity index (χ4v) is 9.71. The zero-order valence-corrected chi connectivity index (χ0v) is 28.2. The van der Waals surface area contributed by atoms with E-state index in [9.17, 15) is 29.4 Å². The number of hydrogen-bond acceptors (Lipinski definition) is 6. The van der Waals surface area contributed by atoms with Crippen LogP contribution < -0.4 is 9.80 Å². The second-order valence-corrected chi connectivity index (χ2v) is 15.5. The molecule has 246 valence electrons. The van der Waals surface area contributed by atoms with Crippen LogP contribution in [0.5, 0.6) is 0 Å². The summed E-state index contributed by atoms with van der Waals surface area (Å²) in [7, 11) is 0. The molecule has 0 aromatic heterocycles. The summed E-state index contributed by atoms with van der Waals surface area (Å²) in [6.45, 7) is 3.95. The number of thioether (sulfide) groups is 2. The molecule has 6 rings (SSSR count). The van der Waals surface area contributed by atoms with Crippen LogP contribution >= 0.6 is 23.5 Å². The van der Waals surface area contributed by atoms with Gasteiger partial charge in [0.2, 0.25) is 11.8 Å². The zero-order chi connectivity index (χ0) is 34.1. The number of nitrogens with zero attached hydrogens (tertiary/aromatic N) is 2. The van der Waals surface area contributed by atoms with Crippen molar-refractivity contribution in [3.05, 3.63) is 131 Å². The Morgan fingerprint density at radius 1 is 0.583 bits per heavy atom. The third-order valence-corrected chi connectivity index (χ3v) is 12.1. The number of benzene rings is 4. The fourth-order valence-electron chi connectivity index (χ4n) is 6.59. The molecule has 0 aliphatic carbocycles. The van der Waals surface area contributed by atoms with Gasteiger partial charge in [0, 0.05) is 11.4 Å². The maximum Gasteiger partial charge on any atom is 0.305 e. The topological polar surface area (TPSA) is 115 Å². The predicted octanol–water partition coefficient (Wildman–Crippen LogP) is 7.06. The minimum atomic E-state index is -0.998. The van der Waals surface area contributed by atoms with E-state index in [1.807, 2.05) is 98.8 Å². The van der Waals surface area contributed by atoms with E-state index in [1.54, 1.807) is 9.80 Å². The Morgan fingerprint density at radius 2 is 0.917 bits per heavy atom. The number of carbonyl (C=O) groups excluding carboxylic acids is 2. The van der Waals surface area contributed by atoms with Crippen molar-refractivity contribution in [3.63, 3.8) is 0 Å². The molecule has 0 saturated carbocycles. The molecule has 0 radical (unpaired) electrons. The number of carboxylic acid groups (broad SMARTS) is 2. The Hall–Kier alpha value is -4.54. The van der Waals surface area contributed by atoms with Crippen LogP contribution in [0.2, 0.25) is 0 Å². The fraction of sp³-hybridized carbons (Fsp3) is 0.263. The lowest BCUT2D eigenvalue weighted by atomic mass is 9.98. The average molecular weight is 681 g/mol. The van der Waals surface area contributed by atoms with Crippen LogP contribution in [-0.2, 0) is 41.8 Å². The first-order valence-corrected chi connectivity index (χ1v) is 17.5. The highest BCUT2D eigenvalue weighted by Gasteiger charge is 2.52. The van der Waals surface area contributed by atoms with Crippen molar-refractivity contribution in [2.24, 2.45) is 0 Å².